The monoisotopic (exact) mass is 230 g/mol. The fourth-order valence-corrected chi connectivity index (χ4v) is 1.24. The zero-order valence-electron chi connectivity index (χ0n) is 8.40. The van der Waals surface area contributed by atoms with Crippen molar-refractivity contribution in [2.24, 2.45) is 0 Å². The molecule has 0 saturated carbocycles. The zero-order valence-corrected chi connectivity index (χ0v) is 9.15. The van der Waals surface area contributed by atoms with Gasteiger partial charge in [-0.1, -0.05) is 11.6 Å². The van der Waals surface area contributed by atoms with Gasteiger partial charge in [-0.3, -0.25) is 0 Å². The molecule has 1 atom stereocenters. The summed E-state index contributed by atoms with van der Waals surface area (Å²) in [5, 5.41) is 8.86. The smallest absolute Gasteiger partial charge is 0.354 e. The number of nitrogens with zero attached hydrogens (tertiary/aromatic N) is 2. The number of halogens is 1. The van der Waals surface area contributed by atoms with Crippen LogP contribution in [0.1, 0.15) is 36.3 Å². The average Bonchev–Trinajstić information content (AvgIpc) is 2.17. The van der Waals surface area contributed by atoms with Crippen LogP contribution in [0.4, 0.5) is 0 Å². The number of carboxylic acid groups (broad SMARTS) is 1. The molecule has 0 radical (unpaired) electrons. The van der Waals surface area contributed by atoms with Crippen LogP contribution in [-0.4, -0.2) is 27.7 Å². The summed E-state index contributed by atoms with van der Waals surface area (Å²) >= 11 is 5.67. The molecule has 0 spiro atoms. The van der Waals surface area contributed by atoms with Crippen molar-refractivity contribution in [3.8, 4) is 0 Å². The molecule has 0 aliphatic heterocycles. The van der Waals surface area contributed by atoms with Crippen molar-refractivity contribution in [2.75, 3.05) is 6.61 Å². The minimum absolute atomic E-state index is 0.101. The summed E-state index contributed by atoms with van der Waals surface area (Å²) < 4.78 is 5.24. The molecular formula is C9H11ClN2O3. The van der Waals surface area contributed by atoms with Crippen LogP contribution in [0.2, 0.25) is 5.15 Å². The second kappa shape index (κ2) is 5.04. The van der Waals surface area contributed by atoms with Crippen molar-refractivity contribution in [3.05, 3.63) is 22.7 Å². The van der Waals surface area contributed by atoms with Gasteiger partial charge in [0.05, 0.1) is 0 Å². The third kappa shape index (κ3) is 3.14. The molecule has 82 valence electrons. The molecule has 0 saturated heterocycles. The SMILES string of the molecule is CCOC(C)c1nc(Cl)cc(C(=O)O)n1. The van der Waals surface area contributed by atoms with Gasteiger partial charge in [0.15, 0.2) is 11.5 Å². The molecule has 0 aromatic carbocycles. The lowest BCUT2D eigenvalue weighted by Crippen LogP contribution is -2.10. The molecule has 0 aliphatic carbocycles. The van der Waals surface area contributed by atoms with Gasteiger partial charge in [-0.2, -0.15) is 0 Å². The van der Waals surface area contributed by atoms with Gasteiger partial charge in [0.2, 0.25) is 0 Å². The summed E-state index contributed by atoms with van der Waals surface area (Å²) in [6.07, 6.45) is -0.369. The molecule has 0 aliphatic rings. The molecule has 0 fully saturated rings. The summed E-state index contributed by atoms with van der Waals surface area (Å²) in [5.41, 5.74) is -0.128. The van der Waals surface area contributed by atoms with Crippen molar-refractivity contribution in [3.63, 3.8) is 0 Å². The first-order valence-electron chi connectivity index (χ1n) is 4.44. The minimum atomic E-state index is -1.13. The molecule has 0 amide bonds. The largest absolute Gasteiger partial charge is 0.477 e. The first-order chi connectivity index (χ1) is 7.04. The third-order valence-corrected chi connectivity index (χ3v) is 1.91. The average molecular weight is 231 g/mol. The molecule has 0 bridgehead atoms. The number of aromatic carboxylic acids is 1. The van der Waals surface area contributed by atoms with Gasteiger partial charge in [0.1, 0.15) is 11.3 Å². The molecule has 5 nitrogen and oxygen atoms in total. The first kappa shape index (κ1) is 11.9. The van der Waals surface area contributed by atoms with Crippen LogP contribution in [0.3, 0.4) is 0 Å². The number of carboxylic acids is 1. The van der Waals surface area contributed by atoms with Gasteiger partial charge in [-0.15, -0.1) is 0 Å². The molecule has 1 unspecified atom stereocenters. The minimum Gasteiger partial charge on any atom is -0.477 e. The van der Waals surface area contributed by atoms with E-state index in [0.717, 1.165) is 0 Å². The highest BCUT2D eigenvalue weighted by atomic mass is 35.5. The maximum atomic E-state index is 10.7. The Kier molecular flexibility index (Phi) is 3.99. The van der Waals surface area contributed by atoms with E-state index in [1.807, 2.05) is 6.92 Å². The van der Waals surface area contributed by atoms with Crippen molar-refractivity contribution in [1.29, 1.82) is 0 Å². The Labute approximate surface area is 92.1 Å². The van der Waals surface area contributed by atoms with E-state index in [1.165, 1.54) is 6.07 Å². The molecular weight excluding hydrogens is 220 g/mol. The van der Waals surface area contributed by atoms with Gasteiger partial charge in [-0.05, 0) is 13.8 Å². The Morgan fingerprint density at radius 1 is 1.67 bits per heavy atom. The summed E-state index contributed by atoms with van der Waals surface area (Å²) in [6.45, 7) is 4.07. The summed E-state index contributed by atoms with van der Waals surface area (Å²) in [7, 11) is 0. The molecule has 1 aromatic heterocycles. The highest BCUT2D eigenvalue weighted by Gasteiger charge is 2.14. The lowest BCUT2D eigenvalue weighted by molar-refractivity contribution is 0.0661. The van der Waals surface area contributed by atoms with E-state index in [4.69, 9.17) is 21.4 Å². The lowest BCUT2D eigenvalue weighted by Gasteiger charge is -2.10. The molecule has 6 heteroatoms. The standard InChI is InChI=1S/C9H11ClN2O3/c1-3-15-5(2)8-11-6(9(13)14)4-7(10)12-8/h4-5H,3H2,1-2H3,(H,13,14). The van der Waals surface area contributed by atoms with E-state index in [1.54, 1.807) is 6.92 Å². The Morgan fingerprint density at radius 2 is 2.33 bits per heavy atom. The molecule has 15 heavy (non-hydrogen) atoms. The summed E-state index contributed by atoms with van der Waals surface area (Å²) in [4.78, 5) is 18.4. The van der Waals surface area contributed by atoms with Gasteiger partial charge in [0, 0.05) is 12.7 Å². The highest BCUT2D eigenvalue weighted by Crippen LogP contribution is 2.15. The first-order valence-corrected chi connectivity index (χ1v) is 4.81. The van der Waals surface area contributed by atoms with Gasteiger partial charge < -0.3 is 9.84 Å². The molecule has 1 heterocycles. The molecule has 1 N–H and O–H groups in total. The van der Waals surface area contributed by atoms with Crippen LogP contribution < -0.4 is 0 Å². The van der Waals surface area contributed by atoms with E-state index in [-0.39, 0.29) is 22.8 Å². The maximum absolute atomic E-state index is 10.7. The zero-order chi connectivity index (χ0) is 11.4. The number of rotatable bonds is 4. The molecule has 1 aromatic rings. The van der Waals surface area contributed by atoms with Crippen molar-refractivity contribution >= 4 is 17.6 Å². The Balaban J connectivity index is 3.03. The van der Waals surface area contributed by atoms with Gasteiger partial charge >= 0.3 is 5.97 Å². The third-order valence-electron chi connectivity index (χ3n) is 1.71. The maximum Gasteiger partial charge on any atom is 0.354 e. The van der Waals surface area contributed by atoms with Crippen LogP contribution in [-0.2, 0) is 4.74 Å². The van der Waals surface area contributed by atoms with Crippen molar-refractivity contribution in [1.82, 2.24) is 9.97 Å². The fraction of sp³-hybridized carbons (Fsp3) is 0.444. The van der Waals surface area contributed by atoms with Crippen molar-refractivity contribution in [2.45, 2.75) is 20.0 Å². The van der Waals surface area contributed by atoms with Crippen LogP contribution in [0, 0.1) is 0 Å². The Hall–Kier alpha value is -1.20. The van der Waals surface area contributed by atoms with Crippen LogP contribution >= 0.6 is 11.6 Å². The van der Waals surface area contributed by atoms with E-state index in [0.29, 0.717) is 6.61 Å². The number of carbonyl (C=O) groups is 1. The van der Waals surface area contributed by atoms with Crippen LogP contribution in [0.5, 0.6) is 0 Å². The fourth-order valence-electron chi connectivity index (χ4n) is 1.05. The van der Waals surface area contributed by atoms with Gasteiger partial charge in [0.25, 0.3) is 0 Å². The van der Waals surface area contributed by atoms with E-state index < -0.39 is 5.97 Å². The number of hydrogen-bond acceptors (Lipinski definition) is 4. The Bertz CT molecular complexity index is 370. The second-order valence-corrected chi connectivity index (χ2v) is 3.22. The van der Waals surface area contributed by atoms with E-state index >= 15 is 0 Å². The molecule has 1 rings (SSSR count). The van der Waals surface area contributed by atoms with E-state index in [9.17, 15) is 4.79 Å². The summed E-state index contributed by atoms with van der Waals surface area (Å²) in [6, 6.07) is 1.20. The predicted molar refractivity (Wildman–Crippen MR) is 54.0 cm³/mol. The lowest BCUT2D eigenvalue weighted by atomic mass is 10.3. The predicted octanol–water partition coefficient (Wildman–Crippen LogP) is 1.93. The number of hydrogen-bond donors (Lipinski definition) is 1. The Morgan fingerprint density at radius 3 is 2.87 bits per heavy atom. The van der Waals surface area contributed by atoms with Crippen molar-refractivity contribution < 1.29 is 14.6 Å². The highest BCUT2D eigenvalue weighted by molar-refractivity contribution is 6.29. The van der Waals surface area contributed by atoms with E-state index in [2.05, 4.69) is 9.97 Å². The topological polar surface area (TPSA) is 72.3 Å². The van der Waals surface area contributed by atoms with Crippen LogP contribution in [0.15, 0.2) is 6.07 Å². The van der Waals surface area contributed by atoms with Gasteiger partial charge in [-0.25, -0.2) is 14.8 Å². The quantitative estimate of drug-likeness (QED) is 0.800. The van der Waals surface area contributed by atoms with Crippen LogP contribution in [0.25, 0.3) is 0 Å². The summed E-state index contributed by atoms with van der Waals surface area (Å²) in [5.74, 6) is -0.856. The second-order valence-electron chi connectivity index (χ2n) is 2.84. The number of ether oxygens (including phenoxy) is 1. The number of aromatic nitrogens is 2. The normalized spacial score (nSPS) is 12.5.